The van der Waals surface area contributed by atoms with Crippen molar-refractivity contribution in [2.45, 2.75) is 32.2 Å². The molecule has 0 bridgehead atoms. The summed E-state index contributed by atoms with van der Waals surface area (Å²) in [7, 11) is -0.977. The van der Waals surface area contributed by atoms with Gasteiger partial charge in [-0.25, -0.2) is 8.42 Å². The van der Waals surface area contributed by atoms with Gasteiger partial charge in [0.2, 0.25) is 0 Å². The predicted octanol–water partition coefficient (Wildman–Crippen LogP) is 0.554. The molecule has 102 valence electrons. The van der Waals surface area contributed by atoms with Gasteiger partial charge in [-0.15, -0.1) is 0 Å². The Balaban J connectivity index is 2.09. The summed E-state index contributed by atoms with van der Waals surface area (Å²) < 4.78 is 24.5. The highest BCUT2D eigenvalue weighted by molar-refractivity contribution is 7.91. The zero-order valence-corrected chi connectivity index (χ0v) is 11.6. The van der Waals surface area contributed by atoms with Crippen molar-refractivity contribution in [3.8, 4) is 0 Å². The number of aromatic nitrogens is 2. The minimum atomic E-state index is -2.82. The first-order chi connectivity index (χ1) is 8.43. The smallest absolute Gasteiger partial charge is 0.150 e. The molecule has 0 aromatic carbocycles. The molecule has 0 saturated carbocycles. The summed E-state index contributed by atoms with van der Waals surface area (Å²) in [4.78, 5) is 0. The van der Waals surface area contributed by atoms with Crippen LogP contribution < -0.4 is 11.1 Å². The number of aryl methyl sites for hydroxylation is 2. The minimum Gasteiger partial charge on any atom is -0.394 e. The molecule has 0 spiro atoms. The van der Waals surface area contributed by atoms with E-state index >= 15 is 0 Å². The van der Waals surface area contributed by atoms with Crippen molar-refractivity contribution in [2.24, 2.45) is 7.05 Å². The third-order valence-electron chi connectivity index (χ3n) is 3.39. The molecule has 0 atom stereocenters. The first-order valence-corrected chi connectivity index (χ1v) is 8.03. The summed E-state index contributed by atoms with van der Waals surface area (Å²) in [5.41, 5.74) is 7.57. The Hall–Kier alpha value is -1.24. The molecule has 18 heavy (non-hydrogen) atoms. The normalized spacial score (nSPS) is 19.9. The van der Waals surface area contributed by atoms with Gasteiger partial charge in [0.05, 0.1) is 22.9 Å². The molecule has 0 amide bonds. The van der Waals surface area contributed by atoms with Gasteiger partial charge in [0, 0.05) is 13.1 Å². The van der Waals surface area contributed by atoms with Crippen LogP contribution in [0.5, 0.6) is 0 Å². The molecule has 3 N–H and O–H groups in total. The number of hydrogen-bond donors (Lipinski definition) is 2. The zero-order chi connectivity index (χ0) is 13.3. The van der Waals surface area contributed by atoms with E-state index in [0.717, 1.165) is 17.9 Å². The Labute approximate surface area is 107 Å². The minimum absolute atomic E-state index is 0.163. The number of rotatable bonds is 3. The van der Waals surface area contributed by atoms with Gasteiger partial charge in [-0.2, -0.15) is 5.10 Å². The molecule has 1 fully saturated rings. The molecular formula is C11H20N4O2S. The van der Waals surface area contributed by atoms with Crippen LogP contribution in [-0.2, 0) is 23.3 Å². The van der Waals surface area contributed by atoms with Gasteiger partial charge >= 0.3 is 0 Å². The number of anilines is 2. The molecule has 1 aliphatic heterocycles. The quantitative estimate of drug-likeness (QED) is 0.839. The predicted molar refractivity (Wildman–Crippen MR) is 72.3 cm³/mol. The van der Waals surface area contributed by atoms with Crippen molar-refractivity contribution < 1.29 is 8.42 Å². The van der Waals surface area contributed by atoms with E-state index in [-0.39, 0.29) is 17.5 Å². The lowest BCUT2D eigenvalue weighted by atomic mass is 10.1. The maximum absolute atomic E-state index is 11.4. The number of nitrogens with one attached hydrogen (secondary N) is 1. The molecule has 6 nitrogen and oxygen atoms in total. The van der Waals surface area contributed by atoms with Crippen LogP contribution in [0.25, 0.3) is 0 Å². The number of nitrogens with two attached hydrogens (primary N) is 1. The van der Waals surface area contributed by atoms with Crippen LogP contribution in [0.3, 0.4) is 0 Å². The first kappa shape index (κ1) is 13.2. The van der Waals surface area contributed by atoms with Crippen molar-refractivity contribution in [3.05, 3.63) is 5.69 Å². The molecule has 1 aromatic rings. The monoisotopic (exact) mass is 272 g/mol. The SMILES string of the molecule is CCc1nn(C)c(NC2CCS(=O)(=O)CC2)c1N. The van der Waals surface area contributed by atoms with E-state index in [1.807, 2.05) is 14.0 Å². The second-order valence-electron chi connectivity index (χ2n) is 4.76. The Kier molecular flexibility index (Phi) is 3.52. The summed E-state index contributed by atoms with van der Waals surface area (Å²) in [5, 5.41) is 7.65. The third-order valence-corrected chi connectivity index (χ3v) is 5.11. The molecule has 2 rings (SSSR count). The standard InChI is InChI=1S/C11H20N4O2S/c1-3-9-10(12)11(15(2)14-9)13-8-4-6-18(16,17)7-5-8/h8,13H,3-7,12H2,1-2H3. The Morgan fingerprint density at radius 2 is 2.06 bits per heavy atom. The van der Waals surface area contributed by atoms with Crippen LogP contribution in [-0.4, -0.2) is 35.7 Å². The van der Waals surface area contributed by atoms with Gasteiger partial charge in [-0.1, -0.05) is 6.92 Å². The van der Waals surface area contributed by atoms with Crippen LogP contribution in [0.15, 0.2) is 0 Å². The van der Waals surface area contributed by atoms with Crippen molar-refractivity contribution >= 4 is 21.3 Å². The average Bonchev–Trinajstić information content (AvgIpc) is 2.59. The second-order valence-corrected chi connectivity index (χ2v) is 7.06. The van der Waals surface area contributed by atoms with Crippen LogP contribution in [0.2, 0.25) is 0 Å². The van der Waals surface area contributed by atoms with Crippen LogP contribution >= 0.6 is 0 Å². The zero-order valence-electron chi connectivity index (χ0n) is 10.8. The molecular weight excluding hydrogens is 252 g/mol. The van der Waals surface area contributed by atoms with Gasteiger partial charge in [-0.3, -0.25) is 4.68 Å². The van der Waals surface area contributed by atoms with Crippen molar-refractivity contribution in [3.63, 3.8) is 0 Å². The van der Waals surface area contributed by atoms with E-state index in [9.17, 15) is 8.42 Å². The van der Waals surface area contributed by atoms with Gasteiger partial charge in [0.25, 0.3) is 0 Å². The Morgan fingerprint density at radius 1 is 1.44 bits per heavy atom. The van der Waals surface area contributed by atoms with E-state index in [2.05, 4.69) is 10.4 Å². The molecule has 2 heterocycles. The van der Waals surface area contributed by atoms with E-state index in [4.69, 9.17) is 5.73 Å². The van der Waals surface area contributed by atoms with Crippen LogP contribution in [0.4, 0.5) is 11.5 Å². The van der Waals surface area contributed by atoms with E-state index in [1.165, 1.54) is 0 Å². The molecule has 7 heteroatoms. The number of sulfone groups is 1. The fourth-order valence-corrected chi connectivity index (χ4v) is 3.75. The largest absolute Gasteiger partial charge is 0.394 e. The van der Waals surface area contributed by atoms with Crippen molar-refractivity contribution in [2.75, 3.05) is 22.6 Å². The topological polar surface area (TPSA) is 90.0 Å². The highest BCUT2D eigenvalue weighted by Gasteiger charge is 2.25. The summed E-state index contributed by atoms with van der Waals surface area (Å²) >= 11 is 0. The molecule has 1 aromatic heterocycles. The number of nitrogen functional groups attached to an aromatic ring is 1. The molecule has 1 saturated heterocycles. The van der Waals surface area contributed by atoms with Crippen LogP contribution in [0, 0.1) is 0 Å². The Bertz CT molecular complexity index is 521. The highest BCUT2D eigenvalue weighted by atomic mass is 32.2. The van der Waals surface area contributed by atoms with Gasteiger partial charge in [-0.05, 0) is 19.3 Å². The summed E-state index contributed by atoms with van der Waals surface area (Å²) in [5.74, 6) is 1.31. The first-order valence-electron chi connectivity index (χ1n) is 6.21. The van der Waals surface area contributed by atoms with Gasteiger partial charge in [0.15, 0.2) is 0 Å². The van der Waals surface area contributed by atoms with Crippen molar-refractivity contribution in [1.82, 2.24) is 9.78 Å². The number of hydrogen-bond acceptors (Lipinski definition) is 5. The third kappa shape index (κ3) is 2.60. The van der Waals surface area contributed by atoms with E-state index < -0.39 is 9.84 Å². The van der Waals surface area contributed by atoms with E-state index in [0.29, 0.717) is 18.5 Å². The van der Waals surface area contributed by atoms with E-state index in [1.54, 1.807) is 4.68 Å². The van der Waals surface area contributed by atoms with Gasteiger partial charge < -0.3 is 11.1 Å². The lowest BCUT2D eigenvalue weighted by Gasteiger charge is -2.24. The average molecular weight is 272 g/mol. The molecule has 0 radical (unpaired) electrons. The molecule has 1 aliphatic rings. The molecule has 0 unspecified atom stereocenters. The van der Waals surface area contributed by atoms with Crippen LogP contribution in [0.1, 0.15) is 25.5 Å². The lowest BCUT2D eigenvalue weighted by molar-refractivity contribution is 0.557. The Morgan fingerprint density at radius 3 is 2.56 bits per heavy atom. The maximum atomic E-state index is 11.4. The fraction of sp³-hybridized carbons (Fsp3) is 0.727. The fourth-order valence-electron chi connectivity index (χ4n) is 2.26. The summed E-state index contributed by atoms with van der Waals surface area (Å²) in [6.45, 7) is 2.01. The van der Waals surface area contributed by atoms with Crippen molar-refractivity contribution in [1.29, 1.82) is 0 Å². The summed E-state index contributed by atoms with van der Waals surface area (Å²) in [6.07, 6.45) is 2.06. The summed E-state index contributed by atoms with van der Waals surface area (Å²) in [6, 6.07) is 0.163. The second kappa shape index (κ2) is 4.79. The highest BCUT2D eigenvalue weighted by Crippen LogP contribution is 2.25. The number of nitrogens with zero attached hydrogens (tertiary/aromatic N) is 2. The maximum Gasteiger partial charge on any atom is 0.150 e. The van der Waals surface area contributed by atoms with Gasteiger partial charge in [0.1, 0.15) is 15.7 Å². The molecule has 0 aliphatic carbocycles. The lowest BCUT2D eigenvalue weighted by Crippen LogP contribution is -2.32.